The van der Waals surface area contributed by atoms with Gasteiger partial charge in [0.2, 0.25) is 0 Å². The predicted molar refractivity (Wildman–Crippen MR) is 110 cm³/mol. The Kier molecular flexibility index (Phi) is 5.37. The number of pyridine rings is 1. The molecule has 1 aromatic heterocycles. The van der Waals surface area contributed by atoms with Gasteiger partial charge >= 0.3 is 17.8 Å². The Morgan fingerprint density at radius 3 is 2.52 bits per heavy atom. The van der Waals surface area contributed by atoms with Gasteiger partial charge in [0, 0.05) is 30.5 Å². The van der Waals surface area contributed by atoms with Crippen LogP contribution in [0, 0.1) is 0 Å². The number of thiocarbonyl (C=S) groups is 1. The zero-order chi connectivity index (χ0) is 20.3. The number of benzene rings is 1. The molecule has 0 bridgehead atoms. The standard InChI is InChI=1S/C21H19N3O4S/c25-18-7-8-19(26)28-21(27-18)14-22-9-4-10-24(21)17-11-16(12-23-13-17)20(29)15-5-2-1-3-6-15/h1-3,5-8,11-13,22H,4,9-10,14H2. The molecule has 4 rings (SSSR count). The first-order valence-electron chi connectivity index (χ1n) is 9.25. The van der Waals surface area contributed by atoms with E-state index in [1.54, 1.807) is 17.3 Å². The Hall–Kier alpha value is -3.10. The zero-order valence-corrected chi connectivity index (χ0v) is 16.4. The van der Waals surface area contributed by atoms with Crippen molar-refractivity contribution in [2.45, 2.75) is 12.3 Å². The van der Waals surface area contributed by atoms with Crippen molar-refractivity contribution in [3.05, 3.63) is 72.1 Å². The van der Waals surface area contributed by atoms with E-state index in [1.807, 2.05) is 36.4 Å². The molecule has 0 radical (unpaired) electrons. The number of esters is 2. The minimum absolute atomic E-state index is 0.138. The molecule has 1 fully saturated rings. The number of nitrogens with one attached hydrogen (secondary N) is 1. The number of aromatic nitrogens is 1. The molecule has 148 valence electrons. The van der Waals surface area contributed by atoms with Gasteiger partial charge in [-0.1, -0.05) is 42.5 Å². The SMILES string of the molecule is O=C1C=CC(=O)OC2(CNCCCN2c2cncc(C(=S)c3ccccc3)c2)O1. The van der Waals surface area contributed by atoms with Gasteiger partial charge in [-0.05, 0) is 24.6 Å². The summed E-state index contributed by atoms with van der Waals surface area (Å²) < 4.78 is 11.2. The van der Waals surface area contributed by atoms with E-state index in [4.69, 9.17) is 21.7 Å². The van der Waals surface area contributed by atoms with Crippen LogP contribution in [0.25, 0.3) is 0 Å². The normalized spacial score (nSPS) is 18.6. The largest absolute Gasteiger partial charge is 0.399 e. The van der Waals surface area contributed by atoms with Crippen LogP contribution in [0.2, 0.25) is 0 Å². The Morgan fingerprint density at radius 2 is 1.79 bits per heavy atom. The van der Waals surface area contributed by atoms with E-state index in [2.05, 4.69) is 10.3 Å². The summed E-state index contributed by atoms with van der Waals surface area (Å²) >= 11 is 5.63. The minimum Gasteiger partial charge on any atom is -0.399 e. The molecule has 1 saturated heterocycles. The van der Waals surface area contributed by atoms with Crippen LogP contribution in [0.5, 0.6) is 0 Å². The lowest BCUT2D eigenvalue weighted by molar-refractivity contribution is -0.217. The molecule has 29 heavy (non-hydrogen) atoms. The molecule has 2 aliphatic rings. The maximum Gasteiger partial charge on any atom is 0.356 e. The van der Waals surface area contributed by atoms with Crippen molar-refractivity contribution in [1.82, 2.24) is 10.3 Å². The summed E-state index contributed by atoms with van der Waals surface area (Å²) in [7, 11) is 0. The molecule has 1 aromatic carbocycles. The number of hydrogen-bond donors (Lipinski definition) is 1. The highest BCUT2D eigenvalue weighted by Crippen LogP contribution is 2.30. The summed E-state index contributed by atoms with van der Waals surface area (Å²) in [6.07, 6.45) is 6.23. The lowest BCUT2D eigenvalue weighted by Gasteiger charge is -2.40. The van der Waals surface area contributed by atoms with Crippen LogP contribution in [0.1, 0.15) is 17.5 Å². The van der Waals surface area contributed by atoms with E-state index in [-0.39, 0.29) is 6.54 Å². The summed E-state index contributed by atoms with van der Waals surface area (Å²) in [6.45, 7) is 1.33. The van der Waals surface area contributed by atoms with Crippen LogP contribution in [0.15, 0.2) is 60.9 Å². The molecule has 0 aliphatic carbocycles. The van der Waals surface area contributed by atoms with Gasteiger partial charge in [0.25, 0.3) is 0 Å². The summed E-state index contributed by atoms with van der Waals surface area (Å²) in [5.74, 6) is -2.88. The van der Waals surface area contributed by atoms with Crippen molar-refractivity contribution in [2.24, 2.45) is 0 Å². The number of rotatable bonds is 3. The third kappa shape index (κ3) is 4.03. The Bertz CT molecular complexity index is 957. The molecule has 2 aliphatic heterocycles. The first-order chi connectivity index (χ1) is 14.1. The molecule has 0 amide bonds. The van der Waals surface area contributed by atoms with Gasteiger partial charge in [0.05, 0.1) is 23.3 Å². The fourth-order valence-corrected chi connectivity index (χ4v) is 3.63. The number of carbonyl (C=O) groups excluding carboxylic acids is 2. The zero-order valence-electron chi connectivity index (χ0n) is 15.5. The quantitative estimate of drug-likeness (QED) is 0.468. The summed E-state index contributed by atoms with van der Waals surface area (Å²) in [4.78, 5) is 31.0. The second kappa shape index (κ2) is 8.10. The van der Waals surface area contributed by atoms with Crippen molar-refractivity contribution >= 4 is 34.7 Å². The van der Waals surface area contributed by atoms with Crippen molar-refractivity contribution in [1.29, 1.82) is 0 Å². The molecule has 8 heteroatoms. The lowest BCUT2D eigenvalue weighted by Crippen LogP contribution is -2.58. The summed E-state index contributed by atoms with van der Waals surface area (Å²) in [6, 6.07) is 11.5. The van der Waals surface area contributed by atoms with E-state index >= 15 is 0 Å². The van der Waals surface area contributed by atoms with Crippen molar-refractivity contribution in [3.63, 3.8) is 0 Å². The van der Waals surface area contributed by atoms with Gasteiger partial charge in [-0.3, -0.25) is 9.88 Å². The van der Waals surface area contributed by atoms with E-state index in [0.29, 0.717) is 23.6 Å². The molecule has 0 saturated carbocycles. The highest BCUT2D eigenvalue weighted by Gasteiger charge is 2.47. The molecule has 0 unspecified atom stereocenters. The fraction of sp³-hybridized carbons (Fsp3) is 0.238. The molecule has 7 nitrogen and oxygen atoms in total. The van der Waals surface area contributed by atoms with Crippen molar-refractivity contribution in [3.8, 4) is 0 Å². The average Bonchev–Trinajstić information content (AvgIpc) is 3.03. The molecule has 2 aromatic rings. The molecular formula is C21H19N3O4S. The van der Waals surface area contributed by atoms with Crippen LogP contribution >= 0.6 is 12.2 Å². The summed E-state index contributed by atoms with van der Waals surface area (Å²) in [5.41, 5.74) is 2.30. The predicted octanol–water partition coefficient (Wildman–Crippen LogP) is 1.96. The molecule has 1 spiro atoms. The monoisotopic (exact) mass is 409 g/mol. The average molecular weight is 409 g/mol. The van der Waals surface area contributed by atoms with E-state index in [1.165, 1.54) is 0 Å². The van der Waals surface area contributed by atoms with Gasteiger partial charge < -0.3 is 14.8 Å². The number of hydrogen-bond acceptors (Lipinski definition) is 8. The van der Waals surface area contributed by atoms with E-state index in [0.717, 1.165) is 29.7 Å². The molecule has 0 atom stereocenters. The highest BCUT2D eigenvalue weighted by molar-refractivity contribution is 7.81. The van der Waals surface area contributed by atoms with Crippen LogP contribution < -0.4 is 10.2 Å². The van der Waals surface area contributed by atoms with Crippen LogP contribution in [0.3, 0.4) is 0 Å². The minimum atomic E-state index is -1.59. The first-order valence-corrected chi connectivity index (χ1v) is 9.65. The van der Waals surface area contributed by atoms with Gasteiger partial charge in [-0.2, -0.15) is 0 Å². The Labute approximate surface area is 173 Å². The van der Waals surface area contributed by atoms with Crippen LogP contribution in [0.4, 0.5) is 5.69 Å². The maximum atomic E-state index is 12.1. The van der Waals surface area contributed by atoms with Crippen LogP contribution in [-0.2, 0) is 19.1 Å². The van der Waals surface area contributed by atoms with E-state index < -0.39 is 17.8 Å². The molecular weight excluding hydrogens is 390 g/mol. The number of nitrogens with zero attached hydrogens (tertiary/aromatic N) is 2. The van der Waals surface area contributed by atoms with Crippen molar-refractivity contribution in [2.75, 3.05) is 24.5 Å². The van der Waals surface area contributed by atoms with Crippen LogP contribution in [-0.4, -0.2) is 47.3 Å². The highest BCUT2D eigenvalue weighted by atomic mass is 32.1. The van der Waals surface area contributed by atoms with Gasteiger partial charge in [-0.25, -0.2) is 9.59 Å². The lowest BCUT2D eigenvalue weighted by atomic mass is 10.1. The topological polar surface area (TPSA) is 80.8 Å². The first kappa shape index (κ1) is 19.2. The fourth-order valence-electron chi connectivity index (χ4n) is 3.38. The maximum absolute atomic E-state index is 12.1. The molecule has 1 N–H and O–H groups in total. The third-order valence-electron chi connectivity index (χ3n) is 4.70. The third-order valence-corrected chi connectivity index (χ3v) is 5.18. The second-order valence-electron chi connectivity index (χ2n) is 6.70. The smallest absolute Gasteiger partial charge is 0.356 e. The van der Waals surface area contributed by atoms with E-state index in [9.17, 15) is 9.59 Å². The Balaban J connectivity index is 1.72. The summed E-state index contributed by atoms with van der Waals surface area (Å²) in [5, 5.41) is 3.17. The number of carbonyl (C=O) groups is 2. The van der Waals surface area contributed by atoms with Gasteiger partial charge in [0.1, 0.15) is 0 Å². The van der Waals surface area contributed by atoms with Crippen molar-refractivity contribution < 1.29 is 19.1 Å². The van der Waals surface area contributed by atoms with Gasteiger partial charge in [0.15, 0.2) is 0 Å². The number of anilines is 1. The molecule has 3 heterocycles. The van der Waals surface area contributed by atoms with Gasteiger partial charge in [-0.15, -0.1) is 0 Å². The Morgan fingerprint density at radius 1 is 1.07 bits per heavy atom. The number of ether oxygens (including phenoxy) is 2. The second-order valence-corrected chi connectivity index (χ2v) is 7.11.